The summed E-state index contributed by atoms with van der Waals surface area (Å²) in [7, 11) is 1.37. The first-order valence-electron chi connectivity index (χ1n) is 7.02. The van der Waals surface area contributed by atoms with Crippen LogP contribution in [0.3, 0.4) is 0 Å². The van der Waals surface area contributed by atoms with Crippen molar-refractivity contribution in [1.82, 2.24) is 10.2 Å². The quantitative estimate of drug-likeness (QED) is 0.752. The van der Waals surface area contributed by atoms with Gasteiger partial charge in [0.2, 0.25) is 0 Å². The third-order valence-corrected chi connectivity index (χ3v) is 4.00. The van der Waals surface area contributed by atoms with E-state index in [1.165, 1.54) is 25.2 Å². The highest BCUT2D eigenvalue weighted by Gasteiger charge is 2.36. The maximum absolute atomic E-state index is 12.3. The second kappa shape index (κ2) is 5.47. The van der Waals surface area contributed by atoms with Crippen LogP contribution in [0.15, 0.2) is 18.2 Å². The van der Waals surface area contributed by atoms with E-state index < -0.39 is 35.8 Å². The molecule has 23 heavy (non-hydrogen) atoms. The van der Waals surface area contributed by atoms with Gasteiger partial charge in [0.25, 0.3) is 17.7 Å². The van der Waals surface area contributed by atoms with Gasteiger partial charge in [-0.2, -0.15) is 0 Å². The number of benzene rings is 1. The molecule has 2 heterocycles. The number of imide groups is 1. The third-order valence-electron chi connectivity index (χ3n) is 4.00. The van der Waals surface area contributed by atoms with E-state index in [0.29, 0.717) is 6.42 Å². The highest BCUT2D eigenvalue weighted by atomic mass is 16.5. The zero-order valence-electron chi connectivity index (χ0n) is 12.2. The first kappa shape index (κ1) is 15.2. The average Bonchev–Trinajstić information content (AvgIpc) is 3.07. The minimum atomic E-state index is -1.14. The molecule has 2 N–H and O–H groups in total. The topological polar surface area (TPSA) is 113 Å². The SMILES string of the molecule is CN1C(=O)c2ccc(C(=O)N[C@@H]3CCO[C@@H]3C(=O)O)cc2C1=O. The number of ether oxygens (including phenoxy) is 1. The van der Waals surface area contributed by atoms with Crippen LogP contribution in [-0.4, -0.2) is 59.5 Å². The van der Waals surface area contributed by atoms with Crippen LogP contribution in [0.25, 0.3) is 0 Å². The molecule has 0 unspecified atom stereocenters. The number of nitrogens with zero attached hydrogens (tertiary/aromatic N) is 1. The number of carbonyl (C=O) groups excluding carboxylic acids is 3. The Morgan fingerprint density at radius 1 is 1.26 bits per heavy atom. The molecule has 2 aliphatic heterocycles. The second-order valence-corrected chi connectivity index (χ2v) is 5.43. The van der Waals surface area contributed by atoms with Gasteiger partial charge in [-0.3, -0.25) is 19.3 Å². The average molecular weight is 318 g/mol. The molecule has 8 nitrogen and oxygen atoms in total. The molecule has 120 valence electrons. The van der Waals surface area contributed by atoms with Gasteiger partial charge >= 0.3 is 5.97 Å². The van der Waals surface area contributed by atoms with Crippen molar-refractivity contribution in [3.63, 3.8) is 0 Å². The number of carboxylic acids is 1. The van der Waals surface area contributed by atoms with Gasteiger partial charge in [0.1, 0.15) is 0 Å². The van der Waals surface area contributed by atoms with E-state index in [1.54, 1.807) is 0 Å². The van der Waals surface area contributed by atoms with Gasteiger partial charge in [-0.15, -0.1) is 0 Å². The summed E-state index contributed by atoms with van der Waals surface area (Å²) in [6.45, 7) is 0.254. The van der Waals surface area contributed by atoms with E-state index in [2.05, 4.69) is 5.32 Å². The van der Waals surface area contributed by atoms with Crippen molar-refractivity contribution in [1.29, 1.82) is 0 Å². The summed E-state index contributed by atoms with van der Waals surface area (Å²) < 4.78 is 5.06. The van der Waals surface area contributed by atoms with Gasteiger partial charge in [0.15, 0.2) is 6.10 Å². The molecule has 0 aromatic heterocycles. The van der Waals surface area contributed by atoms with E-state index in [1.807, 2.05) is 0 Å². The number of carbonyl (C=O) groups is 4. The minimum Gasteiger partial charge on any atom is -0.479 e. The minimum absolute atomic E-state index is 0.169. The number of hydrogen-bond donors (Lipinski definition) is 2. The first-order valence-corrected chi connectivity index (χ1v) is 7.02. The molecule has 2 atom stereocenters. The molecular weight excluding hydrogens is 304 g/mol. The number of fused-ring (bicyclic) bond motifs is 1. The highest BCUT2D eigenvalue weighted by Crippen LogP contribution is 2.23. The Hall–Kier alpha value is -2.74. The van der Waals surface area contributed by atoms with Crippen molar-refractivity contribution >= 4 is 23.7 Å². The van der Waals surface area contributed by atoms with Crippen LogP contribution in [0.5, 0.6) is 0 Å². The Labute approximate surface area is 131 Å². The fourth-order valence-corrected chi connectivity index (χ4v) is 2.73. The van der Waals surface area contributed by atoms with E-state index in [9.17, 15) is 19.2 Å². The molecular formula is C15H14N2O6. The van der Waals surface area contributed by atoms with Crippen LogP contribution in [-0.2, 0) is 9.53 Å². The molecule has 0 radical (unpaired) electrons. The fraction of sp³-hybridized carbons (Fsp3) is 0.333. The molecule has 3 amide bonds. The lowest BCUT2D eigenvalue weighted by Gasteiger charge is -2.16. The van der Waals surface area contributed by atoms with Gasteiger partial charge in [-0.25, -0.2) is 4.79 Å². The van der Waals surface area contributed by atoms with Crippen molar-refractivity contribution in [2.24, 2.45) is 0 Å². The van der Waals surface area contributed by atoms with Crippen molar-refractivity contribution in [3.05, 3.63) is 34.9 Å². The molecule has 2 aliphatic rings. The Kier molecular flexibility index (Phi) is 3.61. The van der Waals surface area contributed by atoms with E-state index in [-0.39, 0.29) is 23.3 Å². The normalized spacial score (nSPS) is 23.1. The lowest BCUT2D eigenvalue weighted by Crippen LogP contribution is -2.44. The lowest BCUT2D eigenvalue weighted by molar-refractivity contribution is -0.148. The van der Waals surface area contributed by atoms with Gasteiger partial charge < -0.3 is 15.2 Å². The summed E-state index contributed by atoms with van der Waals surface area (Å²) in [5, 5.41) is 11.6. The fourth-order valence-electron chi connectivity index (χ4n) is 2.73. The monoisotopic (exact) mass is 318 g/mol. The standard InChI is InChI=1S/C15H14N2O6/c1-17-13(19)8-3-2-7(6-9(8)14(17)20)12(18)16-10-4-5-23-11(10)15(21)22/h2-3,6,10-11H,4-5H2,1H3,(H,16,18)(H,21,22)/t10-,11+/m1/s1. The summed E-state index contributed by atoms with van der Waals surface area (Å²) in [6, 6.07) is 3.57. The van der Waals surface area contributed by atoms with Crippen molar-refractivity contribution in [2.75, 3.05) is 13.7 Å². The molecule has 3 rings (SSSR count). The second-order valence-electron chi connectivity index (χ2n) is 5.43. The Bertz CT molecular complexity index is 729. The number of amides is 3. The van der Waals surface area contributed by atoms with E-state index in [4.69, 9.17) is 9.84 Å². The number of aliphatic carboxylic acids is 1. The smallest absolute Gasteiger partial charge is 0.334 e. The first-order chi connectivity index (χ1) is 10.9. The van der Waals surface area contributed by atoms with Crippen LogP contribution >= 0.6 is 0 Å². The van der Waals surface area contributed by atoms with Crippen molar-refractivity contribution in [2.45, 2.75) is 18.6 Å². The summed E-state index contributed by atoms with van der Waals surface area (Å²) >= 11 is 0. The molecule has 0 spiro atoms. The van der Waals surface area contributed by atoms with Crippen LogP contribution in [0.2, 0.25) is 0 Å². The Balaban J connectivity index is 1.81. The van der Waals surface area contributed by atoms with Gasteiger partial charge in [-0.05, 0) is 24.6 Å². The highest BCUT2D eigenvalue weighted by molar-refractivity contribution is 6.21. The molecule has 0 aliphatic carbocycles. The zero-order valence-corrected chi connectivity index (χ0v) is 12.2. The molecule has 0 bridgehead atoms. The van der Waals surface area contributed by atoms with Crippen LogP contribution in [0.1, 0.15) is 37.5 Å². The number of rotatable bonds is 3. The predicted molar refractivity (Wildman–Crippen MR) is 76.1 cm³/mol. The summed E-state index contributed by atoms with van der Waals surface area (Å²) in [5.74, 6) is -2.52. The molecule has 1 saturated heterocycles. The van der Waals surface area contributed by atoms with Crippen molar-refractivity contribution in [3.8, 4) is 0 Å². The van der Waals surface area contributed by atoms with Gasteiger partial charge in [-0.1, -0.05) is 0 Å². The maximum Gasteiger partial charge on any atom is 0.334 e. The molecule has 0 saturated carbocycles. The number of carboxylic acid groups (broad SMARTS) is 1. The predicted octanol–water partition coefficient (Wildman–Crippen LogP) is -0.116. The Morgan fingerprint density at radius 2 is 1.96 bits per heavy atom. The molecule has 8 heteroatoms. The zero-order chi connectivity index (χ0) is 16.7. The molecule has 1 fully saturated rings. The lowest BCUT2D eigenvalue weighted by atomic mass is 10.0. The Morgan fingerprint density at radius 3 is 2.65 bits per heavy atom. The summed E-state index contributed by atoms with van der Waals surface area (Å²) in [4.78, 5) is 48.0. The van der Waals surface area contributed by atoms with Crippen LogP contribution < -0.4 is 5.32 Å². The van der Waals surface area contributed by atoms with Crippen molar-refractivity contribution < 1.29 is 29.0 Å². The number of nitrogens with one attached hydrogen (secondary N) is 1. The molecule has 1 aromatic carbocycles. The summed E-state index contributed by atoms with van der Waals surface area (Å²) in [5.41, 5.74) is 0.612. The molecule has 1 aromatic rings. The van der Waals surface area contributed by atoms with Gasteiger partial charge in [0, 0.05) is 19.2 Å². The van der Waals surface area contributed by atoms with Crippen LogP contribution in [0.4, 0.5) is 0 Å². The number of hydrogen-bond acceptors (Lipinski definition) is 5. The van der Waals surface area contributed by atoms with E-state index in [0.717, 1.165) is 4.90 Å². The van der Waals surface area contributed by atoms with Gasteiger partial charge in [0.05, 0.1) is 17.2 Å². The summed E-state index contributed by atoms with van der Waals surface area (Å²) in [6.07, 6.45) is -0.684. The largest absolute Gasteiger partial charge is 0.479 e. The van der Waals surface area contributed by atoms with E-state index >= 15 is 0 Å². The van der Waals surface area contributed by atoms with Crippen LogP contribution in [0, 0.1) is 0 Å². The third kappa shape index (κ3) is 2.46. The maximum atomic E-state index is 12.3.